The first kappa shape index (κ1) is 17.6. The van der Waals surface area contributed by atoms with Crippen LogP contribution in [0.2, 0.25) is 0 Å². The standard InChI is InChI=1S/C19H18O7/c1-23-14-9-13-16(18(25-3)17(14)24-2)12(8-15(20)26-13)10-4-6-11(7-5-10)19(21)22/h4-7,9,12H,8H2,1-3H3,(H,21,22)/t12-/m1/s1. The van der Waals surface area contributed by atoms with Crippen LogP contribution in [0.25, 0.3) is 0 Å². The smallest absolute Gasteiger partial charge is 0.335 e. The summed E-state index contributed by atoms with van der Waals surface area (Å²) in [6, 6.07) is 7.97. The fraction of sp³-hybridized carbons (Fsp3) is 0.263. The Morgan fingerprint density at radius 3 is 2.27 bits per heavy atom. The van der Waals surface area contributed by atoms with Crippen LogP contribution in [-0.4, -0.2) is 38.4 Å². The quantitative estimate of drug-likeness (QED) is 0.649. The first-order valence-corrected chi connectivity index (χ1v) is 7.87. The number of hydrogen-bond donors (Lipinski definition) is 1. The molecule has 26 heavy (non-hydrogen) atoms. The molecule has 0 aliphatic carbocycles. The molecule has 7 nitrogen and oxygen atoms in total. The summed E-state index contributed by atoms with van der Waals surface area (Å²) in [5, 5.41) is 9.07. The van der Waals surface area contributed by atoms with Crippen molar-refractivity contribution < 1.29 is 33.6 Å². The summed E-state index contributed by atoms with van der Waals surface area (Å²) in [5.74, 6) is -0.215. The molecule has 7 heteroatoms. The number of methoxy groups -OCH3 is 3. The van der Waals surface area contributed by atoms with E-state index in [1.54, 1.807) is 18.2 Å². The number of carbonyl (C=O) groups excluding carboxylic acids is 1. The van der Waals surface area contributed by atoms with Crippen molar-refractivity contribution in [1.82, 2.24) is 0 Å². The molecule has 0 unspecified atom stereocenters. The van der Waals surface area contributed by atoms with Crippen LogP contribution < -0.4 is 18.9 Å². The molecule has 0 saturated heterocycles. The maximum absolute atomic E-state index is 12.1. The Morgan fingerprint density at radius 2 is 1.73 bits per heavy atom. The van der Waals surface area contributed by atoms with E-state index in [1.807, 2.05) is 0 Å². The van der Waals surface area contributed by atoms with Crippen molar-refractivity contribution in [2.75, 3.05) is 21.3 Å². The molecular weight excluding hydrogens is 340 g/mol. The second kappa shape index (κ2) is 6.95. The van der Waals surface area contributed by atoms with E-state index in [0.29, 0.717) is 28.6 Å². The number of carboxylic acid groups (broad SMARTS) is 1. The second-order valence-corrected chi connectivity index (χ2v) is 5.72. The Hall–Kier alpha value is -3.22. The van der Waals surface area contributed by atoms with Crippen LogP contribution >= 0.6 is 0 Å². The number of aromatic carboxylic acids is 1. The lowest BCUT2D eigenvalue weighted by molar-refractivity contribution is -0.135. The average Bonchev–Trinajstić information content (AvgIpc) is 2.65. The number of ether oxygens (including phenoxy) is 4. The molecule has 0 amide bonds. The molecule has 0 spiro atoms. The van der Waals surface area contributed by atoms with E-state index in [-0.39, 0.29) is 23.9 Å². The minimum absolute atomic E-state index is 0.102. The van der Waals surface area contributed by atoms with Crippen LogP contribution in [0.15, 0.2) is 30.3 Å². The summed E-state index contributed by atoms with van der Waals surface area (Å²) in [6.07, 6.45) is 0.102. The fourth-order valence-corrected chi connectivity index (χ4v) is 3.15. The zero-order valence-corrected chi connectivity index (χ0v) is 14.6. The minimum atomic E-state index is -1.01. The van der Waals surface area contributed by atoms with Gasteiger partial charge >= 0.3 is 11.9 Å². The monoisotopic (exact) mass is 358 g/mol. The van der Waals surface area contributed by atoms with Crippen molar-refractivity contribution in [1.29, 1.82) is 0 Å². The van der Waals surface area contributed by atoms with Crippen molar-refractivity contribution in [3.05, 3.63) is 47.0 Å². The molecule has 0 aromatic heterocycles. The Bertz CT molecular complexity index is 855. The van der Waals surface area contributed by atoms with Gasteiger partial charge in [0.1, 0.15) is 5.75 Å². The first-order valence-electron chi connectivity index (χ1n) is 7.87. The highest BCUT2D eigenvalue weighted by molar-refractivity contribution is 5.87. The Morgan fingerprint density at radius 1 is 1.08 bits per heavy atom. The number of hydrogen-bond acceptors (Lipinski definition) is 6. The van der Waals surface area contributed by atoms with Crippen LogP contribution in [0.5, 0.6) is 23.0 Å². The zero-order valence-electron chi connectivity index (χ0n) is 14.6. The van der Waals surface area contributed by atoms with Crippen molar-refractivity contribution in [3.8, 4) is 23.0 Å². The summed E-state index contributed by atoms with van der Waals surface area (Å²) in [4.78, 5) is 23.2. The van der Waals surface area contributed by atoms with E-state index in [1.165, 1.54) is 33.5 Å². The molecule has 1 aliphatic rings. The molecule has 3 rings (SSSR count). The van der Waals surface area contributed by atoms with E-state index >= 15 is 0 Å². The third-order valence-electron chi connectivity index (χ3n) is 4.33. The van der Waals surface area contributed by atoms with Gasteiger partial charge in [-0.3, -0.25) is 4.79 Å². The molecule has 1 atom stereocenters. The summed E-state index contributed by atoms with van der Waals surface area (Å²) in [7, 11) is 4.48. The summed E-state index contributed by atoms with van der Waals surface area (Å²) >= 11 is 0. The topological polar surface area (TPSA) is 91.3 Å². The third-order valence-corrected chi connectivity index (χ3v) is 4.33. The van der Waals surface area contributed by atoms with Crippen LogP contribution in [0.1, 0.15) is 33.8 Å². The Labute approximate surface area is 150 Å². The molecule has 136 valence electrons. The van der Waals surface area contributed by atoms with Gasteiger partial charge in [-0.25, -0.2) is 4.79 Å². The lowest BCUT2D eigenvalue weighted by atomic mass is 9.85. The summed E-state index contributed by atoms with van der Waals surface area (Å²) in [5.41, 5.74) is 1.61. The minimum Gasteiger partial charge on any atom is -0.493 e. The van der Waals surface area contributed by atoms with E-state index in [9.17, 15) is 9.59 Å². The van der Waals surface area contributed by atoms with Crippen LogP contribution in [0.4, 0.5) is 0 Å². The fourth-order valence-electron chi connectivity index (χ4n) is 3.15. The SMILES string of the molecule is COc1cc2c(c(OC)c1OC)[C@@H](c1ccc(C(=O)O)cc1)CC(=O)O2. The van der Waals surface area contributed by atoms with E-state index in [4.69, 9.17) is 24.1 Å². The van der Waals surface area contributed by atoms with E-state index < -0.39 is 5.97 Å². The van der Waals surface area contributed by atoms with Gasteiger partial charge in [0.15, 0.2) is 11.5 Å². The van der Waals surface area contributed by atoms with Crippen molar-refractivity contribution >= 4 is 11.9 Å². The van der Waals surface area contributed by atoms with Gasteiger partial charge < -0.3 is 24.1 Å². The highest BCUT2D eigenvalue weighted by Gasteiger charge is 2.35. The molecule has 0 saturated carbocycles. The molecule has 2 aromatic carbocycles. The summed E-state index contributed by atoms with van der Waals surface area (Å²) in [6.45, 7) is 0. The molecule has 1 aliphatic heterocycles. The van der Waals surface area contributed by atoms with Gasteiger partial charge in [0.25, 0.3) is 0 Å². The average molecular weight is 358 g/mol. The molecule has 1 heterocycles. The van der Waals surface area contributed by atoms with Gasteiger partial charge in [-0.05, 0) is 17.7 Å². The van der Waals surface area contributed by atoms with Gasteiger partial charge in [0.05, 0.1) is 33.3 Å². The highest BCUT2D eigenvalue weighted by atomic mass is 16.5. The number of carboxylic acids is 1. The molecule has 0 bridgehead atoms. The largest absolute Gasteiger partial charge is 0.493 e. The van der Waals surface area contributed by atoms with Crippen LogP contribution in [0, 0.1) is 0 Å². The van der Waals surface area contributed by atoms with E-state index in [0.717, 1.165) is 5.56 Å². The number of rotatable bonds is 5. The lowest BCUT2D eigenvalue weighted by Crippen LogP contribution is -2.22. The van der Waals surface area contributed by atoms with Crippen LogP contribution in [0.3, 0.4) is 0 Å². The first-order chi connectivity index (χ1) is 12.5. The van der Waals surface area contributed by atoms with Gasteiger partial charge in [-0.15, -0.1) is 0 Å². The second-order valence-electron chi connectivity index (χ2n) is 5.72. The molecule has 2 aromatic rings. The predicted octanol–water partition coefficient (Wildman–Crippen LogP) is 2.85. The lowest BCUT2D eigenvalue weighted by Gasteiger charge is -2.28. The maximum atomic E-state index is 12.1. The van der Waals surface area contributed by atoms with Gasteiger partial charge in [0, 0.05) is 17.5 Å². The summed E-state index contributed by atoms with van der Waals surface area (Å²) < 4.78 is 21.6. The zero-order chi connectivity index (χ0) is 18.8. The third kappa shape index (κ3) is 2.92. The highest BCUT2D eigenvalue weighted by Crippen LogP contribution is 2.52. The van der Waals surface area contributed by atoms with Crippen molar-refractivity contribution in [3.63, 3.8) is 0 Å². The van der Waals surface area contributed by atoms with Gasteiger partial charge in [0.2, 0.25) is 5.75 Å². The number of fused-ring (bicyclic) bond motifs is 1. The van der Waals surface area contributed by atoms with Crippen LogP contribution in [-0.2, 0) is 4.79 Å². The number of carbonyl (C=O) groups is 2. The normalized spacial score (nSPS) is 15.7. The Balaban J connectivity index is 2.18. The van der Waals surface area contributed by atoms with E-state index in [2.05, 4.69) is 0 Å². The maximum Gasteiger partial charge on any atom is 0.335 e. The Kier molecular flexibility index (Phi) is 4.71. The number of benzene rings is 2. The molecular formula is C19H18O7. The van der Waals surface area contributed by atoms with Gasteiger partial charge in [-0.2, -0.15) is 0 Å². The predicted molar refractivity (Wildman–Crippen MR) is 91.6 cm³/mol. The number of esters is 1. The van der Waals surface area contributed by atoms with Crippen molar-refractivity contribution in [2.24, 2.45) is 0 Å². The molecule has 1 N–H and O–H groups in total. The van der Waals surface area contributed by atoms with Crippen molar-refractivity contribution in [2.45, 2.75) is 12.3 Å². The molecule has 0 radical (unpaired) electrons. The molecule has 0 fully saturated rings. The van der Waals surface area contributed by atoms with Gasteiger partial charge in [-0.1, -0.05) is 12.1 Å².